The first-order valence-corrected chi connectivity index (χ1v) is 14.6. The molecule has 0 radical (unpaired) electrons. The van der Waals surface area contributed by atoms with Crippen molar-refractivity contribution in [3.8, 4) is 5.69 Å². The molecule has 1 heterocycles. The fourth-order valence-electron chi connectivity index (χ4n) is 6.31. The van der Waals surface area contributed by atoms with Gasteiger partial charge in [0.1, 0.15) is 11.6 Å². The molecule has 0 unspecified atom stereocenters. The van der Waals surface area contributed by atoms with Crippen LogP contribution in [0.15, 0.2) is 146 Å². The Kier molecular flexibility index (Phi) is 6.20. The lowest BCUT2D eigenvalue weighted by Gasteiger charge is -2.26. The second-order valence-corrected chi connectivity index (χ2v) is 10.9. The SMILES string of the molecule is Fc1ccccc1N(c1ccc(C=Cc2ccc3c4c2ccc2cccc(c24)n3-c2ccccc2)cc1)c1ccccc1F. The predicted molar refractivity (Wildman–Crippen MR) is 179 cm³/mol. The molecule has 0 aliphatic carbocycles. The highest BCUT2D eigenvalue weighted by molar-refractivity contribution is 6.25. The van der Waals surface area contributed by atoms with E-state index in [-0.39, 0.29) is 11.4 Å². The summed E-state index contributed by atoms with van der Waals surface area (Å²) >= 11 is 0. The van der Waals surface area contributed by atoms with Crippen molar-refractivity contribution in [2.45, 2.75) is 0 Å². The Morgan fingerprint density at radius 1 is 0.500 bits per heavy atom. The van der Waals surface area contributed by atoms with E-state index in [1.807, 2.05) is 30.3 Å². The minimum atomic E-state index is -0.422. The molecule has 8 rings (SSSR count). The summed E-state index contributed by atoms with van der Waals surface area (Å²) in [5, 5.41) is 4.94. The topological polar surface area (TPSA) is 8.17 Å². The van der Waals surface area contributed by atoms with Crippen molar-refractivity contribution >= 4 is 61.8 Å². The molecule has 1 aromatic heterocycles. The average molecular weight is 573 g/mol. The van der Waals surface area contributed by atoms with Crippen LogP contribution >= 0.6 is 0 Å². The van der Waals surface area contributed by atoms with Crippen LogP contribution < -0.4 is 4.90 Å². The van der Waals surface area contributed by atoms with Crippen LogP contribution in [0.5, 0.6) is 0 Å². The normalized spacial score (nSPS) is 11.8. The summed E-state index contributed by atoms with van der Waals surface area (Å²) < 4.78 is 32.2. The van der Waals surface area contributed by atoms with Gasteiger partial charge in [-0.2, -0.15) is 0 Å². The van der Waals surface area contributed by atoms with Crippen molar-refractivity contribution < 1.29 is 8.78 Å². The highest BCUT2D eigenvalue weighted by Gasteiger charge is 2.19. The number of rotatable bonds is 6. The Balaban J connectivity index is 1.19. The van der Waals surface area contributed by atoms with Gasteiger partial charge in [-0.25, -0.2) is 8.78 Å². The summed E-state index contributed by atoms with van der Waals surface area (Å²) in [6, 6.07) is 46.3. The molecule has 0 atom stereocenters. The molecule has 0 saturated carbocycles. The van der Waals surface area contributed by atoms with Gasteiger partial charge in [0.05, 0.1) is 22.4 Å². The van der Waals surface area contributed by atoms with Gasteiger partial charge in [0.25, 0.3) is 0 Å². The molecule has 0 N–H and O–H groups in total. The lowest BCUT2D eigenvalue weighted by molar-refractivity contribution is 0.619. The van der Waals surface area contributed by atoms with Crippen LogP contribution in [0.25, 0.3) is 50.4 Å². The highest BCUT2D eigenvalue weighted by atomic mass is 19.1. The Bertz CT molecular complexity index is 2250. The fourth-order valence-corrected chi connectivity index (χ4v) is 6.31. The van der Waals surface area contributed by atoms with Gasteiger partial charge in [0.2, 0.25) is 0 Å². The molecule has 0 aliphatic heterocycles. The molecule has 0 amide bonds. The molecule has 0 fully saturated rings. The van der Waals surface area contributed by atoms with E-state index in [1.165, 1.54) is 44.7 Å². The summed E-state index contributed by atoms with van der Waals surface area (Å²) in [6.07, 6.45) is 4.22. The molecular formula is C40H26F2N2. The van der Waals surface area contributed by atoms with Gasteiger partial charge in [-0.05, 0) is 82.6 Å². The molecule has 0 aliphatic rings. The minimum absolute atomic E-state index is 0.286. The third-order valence-corrected chi connectivity index (χ3v) is 8.30. The first kappa shape index (κ1) is 25.9. The Morgan fingerprint density at radius 3 is 1.86 bits per heavy atom. The zero-order valence-electron chi connectivity index (χ0n) is 23.7. The third-order valence-electron chi connectivity index (χ3n) is 8.30. The van der Waals surface area contributed by atoms with Crippen molar-refractivity contribution in [2.75, 3.05) is 4.90 Å². The quantitative estimate of drug-likeness (QED) is 0.142. The first-order valence-electron chi connectivity index (χ1n) is 14.6. The standard InChI is InChI=1S/C40H26F2N2/c41-33-12-4-6-14-35(33)43(36-15-7-5-13-34(36)42)31-23-18-27(19-24-31)17-20-28-22-26-38-40-32(28)25-21-29-9-8-16-37(39(29)40)44(38)30-10-2-1-3-11-30/h1-26H. The van der Waals surface area contributed by atoms with E-state index in [0.717, 1.165) is 16.8 Å². The summed E-state index contributed by atoms with van der Waals surface area (Å²) in [5.41, 5.74) is 6.86. The number of hydrogen-bond donors (Lipinski definition) is 0. The second kappa shape index (κ2) is 10.5. The summed E-state index contributed by atoms with van der Waals surface area (Å²) in [7, 11) is 0. The van der Waals surface area contributed by atoms with E-state index >= 15 is 0 Å². The number of benzene rings is 7. The van der Waals surface area contributed by atoms with Gasteiger partial charge in [-0.3, -0.25) is 0 Å². The van der Waals surface area contributed by atoms with Crippen LogP contribution in [0.2, 0.25) is 0 Å². The zero-order valence-corrected chi connectivity index (χ0v) is 23.7. The van der Waals surface area contributed by atoms with Crippen LogP contribution in [0.4, 0.5) is 25.8 Å². The van der Waals surface area contributed by atoms with Crippen molar-refractivity contribution in [3.05, 3.63) is 168 Å². The lowest BCUT2D eigenvalue weighted by Crippen LogP contribution is -2.13. The molecule has 44 heavy (non-hydrogen) atoms. The first-order chi connectivity index (χ1) is 21.7. The van der Waals surface area contributed by atoms with Crippen LogP contribution in [-0.4, -0.2) is 4.57 Å². The number of para-hydroxylation sites is 3. The van der Waals surface area contributed by atoms with Gasteiger partial charge in [0.15, 0.2) is 0 Å². The summed E-state index contributed by atoms with van der Waals surface area (Å²) in [4.78, 5) is 1.61. The average Bonchev–Trinajstić information content (AvgIpc) is 3.41. The molecular weight excluding hydrogens is 546 g/mol. The number of halogens is 2. The maximum absolute atomic E-state index is 14.9. The van der Waals surface area contributed by atoms with Gasteiger partial charge >= 0.3 is 0 Å². The van der Waals surface area contributed by atoms with Crippen LogP contribution in [0.3, 0.4) is 0 Å². The van der Waals surface area contributed by atoms with E-state index in [2.05, 4.69) is 83.4 Å². The van der Waals surface area contributed by atoms with E-state index < -0.39 is 11.6 Å². The van der Waals surface area contributed by atoms with E-state index in [4.69, 9.17) is 0 Å². The fraction of sp³-hybridized carbons (Fsp3) is 0. The van der Waals surface area contributed by atoms with E-state index in [0.29, 0.717) is 5.69 Å². The molecule has 210 valence electrons. The molecule has 4 heteroatoms. The maximum Gasteiger partial charge on any atom is 0.147 e. The van der Waals surface area contributed by atoms with Crippen LogP contribution in [-0.2, 0) is 0 Å². The number of hydrogen-bond acceptors (Lipinski definition) is 1. The minimum Gasteiger partial charge on any atom is -0.309 e. The Hall–Kier alpha value is -5.74. The largest absolute Gasteiger partial charge is 0.309 e. The van der Waals surface area contributed by atoms with Crippen LogP contribution in [0, 0.1) is 11.6 Å². The smallest absolute Gasteiger partial charge is 0.147 e. The summed E-state index contributed by atoms with van der Waals surface area (Å²) in [5.74, 6) is -0.845. The lowest BCUT2D eigenvalue weighted by atomic mass is 9.98. The number of aromatic nitrogens is 1. The van der Waals surface area contributed by atoms with Crippen molar-refractivity contribution in [2.24, 2.45) is 0 Å². The number of anilines is 3. The van der Waals surface area contributed by atoms with E-state index in [1.54, 1.807) is 41.3 Å². The highest BCUT2D eigenvalue weighted by Crippen LogP contribution is 2.41. The van der Waals surface area contributed by atoms with Gasteiger partial charge in [-0.1, -0.05) is 97.1 Å². The molecule has 2 nitrogen and oxygen atoms in total. The monoisotopic (exact) mass is 572 g/mol. The second-order valence-electron chi connectivity index (χ2n) is 10.9. The number of nitrogens with zero attached hydrogens (tertiary/aromatic N) is 2. The third kappa shape index (κ3) is 4.23. The molecule has 0 saturated heterocycles. The molecule has 0 bridgehead atoms. The Morgan fingerprint density at radius 2 is 1.16 bits per heavy atom. The zero-order chi connectivity index (χ0) is 29.6. The van der Waals surface area contributed by atoms with Gasteiger partial charge in [0, 0.05) is 22.1 Å². The van der Waals surface area contributed by atoms with Crippen LogP contribution in [0.1, 0.15) is 11.1 Å². The van der Waals surface area contributed by atoms with Crippen molar-refractivity contribution in [3.63, 3.8) is 0 Å². The van der Waals surface area contributed by atoms with Crippen molar-refractivity contribution in [1.29, 1.82) is 0 Å². The van der Waals surface area contributed by atoms with Crippen molar-refractivity contribution in [1.82, 2.24) is 4.57 Å². The van der Waals surface area contributed by atoms with Gasteiger partial charge in [-0.15, -0.1) is 0 Å². The van der Waals surface area contributed by atoms with E-state index in [9.17, 15) is 8.78 Å². The predicted octanol–water partition coefficient (Wildman–Crippen LogP) is 11.3. The summed E-state index contributed by atoms with van der Waals surface area (Å²) in [6.45, 7) is 0. The molecule has 0 spiro atoms. The molecule has 7 aromatic carbocycles. The maximum atomic E-state index is 14.9. The Labute approximate surface area is 253 Å². The van der Waals surface area contributed by atoms with Gasteiger partial charge < -0.3 is 9.47 Å². The molecule has 8 aromatic rings.